The summed E-state index contributed by atoms with van der Waals surface area (Å²) < 4.78 is 2.26. The number of aryl methyl sites for hydroxylation is 1. The van der Waals surface area contributed by atoms with Gasteiger partial charge >= 0.3 is 0 Å². The van der Waals surface area contributed by atoms with E-state index in [1.54, 1.807) is 0 Å². The van der Waals surface area contributed by atoms with Crippen LogP contribution in [0, 0.1) is 11.8 Å². The summed E-state index contributed by atoms with van der Waals surface area (Å²) >= 11 is 3.76. The van der Waals surface area contributed by atoms with Crippen LogP contribution in [-0.4, -0.2) is 14.4 Å². The topological polar surface area (TPSA) is 17.8 Å². The van der Waals surface area contributed by atoms with E-state index in [0.717, 1.165) is 24.8 Å². The summed E-state index contributed by atoms with van der Waals surface area (Å²) in [6.07, 6.45) is 7.81. The van der Waals surface area contributed by atoms with Crippen LogP contribution in [0.5, 0.6) is 0 Å². The molecule has 2 rings (SSSR count). The first-order valence-electron chi connectivity index (χ1n) is 5.86. The lowest BCUT2D eigenvalue weighted by Crippen LogP contribution is -2.15. The van der Waals surface area contributed by atoms with Gasteiger partial charge in [-0.3, -0.25) is 0 Å². The summed E-state index contributed by atoms with van der Waals surface area (Å²) in [6, 6.07) is 0. The minimum Gasteiger partial charge on any atom is -0.335 e. The highest BCUT2D eigenvalue weighted by Crippen LogP contribution is 2.38. The predicted molar refractivity (Wildman–Crippen MR) is 66.2 cm³/mol. The summed E-state index contributed by atoms with van der Waals surface area (Å²) in [5, 5.41) is 0. The lowest BCUT2D eigenvalue weighted by atomic mass is 9.94. The van der Waals surface area contributed by atoms with Gasteiger partial charge in [0.05, 0.1) is 0 Å². The zero-order valence-corrected chi connectivity index (χ0v) is 11.1. The molecule has 3 atom stereocenters. The van der Waals surface area contributed by atoms with Crippen molar-refractivity contribution < 1.29 is 0 Å². The van der Waals surface area contributed by atoms with Gasteiger partial charge in [-0.2, -0.15) is 0 Å². The molecule has 0 bridgehead atoms. The fourth-order valence-corrected chi connectivity index (χ4v) is 3.23. The van der Waals surface area contributed by atoms with Crippen molar-refractivity contribution in [2.75, 3.05) is 0 Å². The van der Waals surface area contributed by atoms with Crippen LogP contribution in [0.2, 0.25) is 0 Å². The molecule has 0 N–H and O–H groups in total. The van der Waals surface area contributed by atoms with Crippen molar-refractivity contribution in [2.45, 2.75) is 44.5 Å². The molecule has 0 aromatic carbocycles. The van der Waals surface area contributed by atoms with Gasteiger partial charge in [0.1, 0.15) is 5.82 Å². The van der Waals surface area contributed by atoms with Gasteiger partial charge in [0.15, 0.2) is 0 Å². The van der Waals surface area contributed by atoms with Crippen LogP contribution in [-0.2, 0) is 13.0 Å². The van der Waals surface area contributed by atoms with E-state index in [1.165, 1.54) is 18.7 Å². The maximum Gasteiger partial charge on any atom is 0.108 e. The number of rotatable bonds is 3. The second kappa shape index (κ2) is 4.69. The van der Waals surface area contributed by atoms with Crippen LogP contribution in [0.1, 0.15) is 32.5 Å². The van der Waals surface area contributed by atoms with Crippen molar-refractivity contribution in [3.8, 4) is 0 Å². The Kier molecular flexibility index (Phi) is 3.49. The van der Waals surface area contributed by atoms with Crippen LogP contribution >= 0.6 is 15.9 Å². The average molecular weight is 271 g/mol. The highest BCUT2D eigenvalue weighted by atomic mass is 79.9. The van der Waals surface area contributed by atoms with Gasteiger partial charge in [-0.1, -0.05) is 22.9 Å². The van der Waals surface area contributed by atoms with Gasteiger partial charge in [-0.15, -0.1) is 0 Å². The maximum atomic E-state index is 4.46. The van der Waals surface area contributed by atoms with E-state index in [2.05, 4.69) is 45.5 Å². The summed E-state index contributed by atoms with van der Waals surface area (Å²) in [7, 11) is 0. The van der Waals surface area contributed by atoms with E-state index >= 15 is 0 Å². The van der Waals surface area contributed by atoms with Crippen LogP contribution < -0.4 is 0 Å². The first-order chi connectivity index (χ1) is 7.22. The molecule has 1 saturated carbocycles. The maximum absolute atomic E-state index is 4.46. The van der Waals surface area contributed by atoms with Gasteiger partial charge < -0.3 is 4.57 Å². The Hall–Kier alpha value is -0.310. The number of hydrogen-bond acceptors (Lipinski definition) is 1. The third-order valence-corrected chi connectivity index (χ3v) is 5.01. The Morgan fingerprint density at radius 3 is 2.93 bits per heavy atom. The molecule has 1 aliphatic carbocycles. The van der Waals surface area contributed by atoms with Gasteiger partial charge in [0, 0.05) is 30.2 Å². The minimum atomic E-state index is 0.715. The molecule has 0 radical (unpaired) electrons. The fourth-order valence-electron chi connectivity index (χ4n) is 2.53. The molecule has 3 heteroatoms. The quantitative estimate of drug-likeness (QED) is 0.772. The Bertz CT molecular complexity index is 321. The highest BCUT2D eigenvalue weighted by Gasteiger charge is 2.31. The molecule has 0 saturated heterocycles. The van der Waals surface area contributed by atoms with Gasteiger partial charge in [-0.05, 0) is 31.6 Å². The van der Waals surface area contributed by atoms with E-state index in [0.29, 0.717) is 4.83 Å². The molecule has 3 unspecified atom stereocenters. The van der Waals surface area contributed by atoms with E-state index in [1.807, 2.05) is 6.20 Å². The van der Waals surface area contributed by atoms with Crippen molar-refractivity contribution in [3.05, 3.63) is 18.2 Å². The molecule has 15 heavy (non-hydrogen) atoms. The van der Waals surface area contributed by atoms with Gasteiger partial charge in [0.25, 0.3) is 0 Å². The molecule has 1 fully saturated rings. The number of alkyl halides is 1. The molecule has 1 aliphatic rings. The van der Waals surface area contributed by atoms with Crippen molar-refractivity contribution in [3.63, 3.8) is 0 Å². The smallest absolute Gasteiger partial charge is 0.108 e. The molecular formula is C12H19BrN2. The van der Waals surface area contributed by atoms with Gasteiger partial charge in [-0.25, -0.2) is 4.98 Å². The SMILES string of the molecule is CCn1ccnc1CC1CCC(Br)C1C. The molecule has 1 heterocycles. The minimum absolute atomic E-state index is 0.715. The summed E-state index contributed by atoms with van der Waals surface area (Å²) in [4.78, 5) is 5.17. The first kappa shape index (κ1) is 11.2. The van der Waals surface area contributed by atoms with Crippen LogP contribution in [0.4, 0.5) is 0 Å². The molecule has 1 aromatic heterocycles. The molecule has 1 aromatic rings. The Morgan fingerprint density at radius 1 is 1.53 bits per heavy atom. The Balaban J connectivity index is 2.03. The third-order valence-electron chi connectivity index (χ3n) is 3.71. The molecular weight excluding hydrogens is 252 g/mol. The standard InChI is InChI=1S/C12H19BrN2/c1-3-15-7-6-14-12(15)8-10-4-5-11(13)9(10)2/h6-7,9-11H,3-5,8H2,1-2H3. The van der Waals surface area contributed by atoms with E-state index in [-0.39, 0.29) is 0 Å². The first-order valence-corrected chi connectivity index (χ1v) is 6.78. The van der Waals surface area contributed by atoms with Crippen molar-refractivity contribution in [1.82, 2.24) is 9.55 Å². The molecule has 2 nitrogen and oxygen atoms in total. The van der Waals surface area contributed by atoms with Crippen LogP contribution in [0.15, 0.2) is 12.4 Å². The largest absolute Gasteiger partial charge is 0.335 e. The summed E-state index contributed by atoms with van der Waals surface area (Å²) in [5.41, 5.74) is 0. The number of imidazole rings is 1. The van der Waals surface area contributed by atoms with Crippen LogP contribution in [0.25, 0.3) is 0 Å². The summed E-state index contributed by atoms with van der Waals surface area (Å²) in [5.74, 6) is 2.85. The number of aromatic nitrogens is 2. The summed E-state index contributed by atoms with van der Waals surface area (Å²) in [6.45, 7) is 5.57. The molecule has 0 spiro atoms. The zero-order valence-electron chi connectivity index (χ0n) is 9.49. The molecule has 0 amide bonds. The van der Waals surface area contributed by atoms with E-state index in [9.17, 15) is 0 Å². The van der Waals surface area contributed by atoms with Crippen molar-refractivity contribution in [1.29, 1.82) is 0 Å². The second-order valence-corrected chi connectivity index (χ2v) is 5.72. The average Bonchev–Trinajstić information content (AvgIpc) is 2.80. The normalized spacial score (nSPS) is 31.0. The molecule has 0 aliphatic heterocycles. The Morgan fingerprint density at radius 2 is 2.33 bits per heavy atom. The lowest BCUT2D eigenvalue weighted by molar-refractivity contribution is 0.408. The van der Waals surface area contributed by atoms with Crippen LogP contribution in [0.3, 0.4) is 0 Å². The zero-order chi connectivity index (χ0) is 10.8. The van der Waals surface area contributed by atoms with Crippen molar-refractivity contribution in [2.24, 2.45) is 11.8 Å². The van der Waals surface area contributed by atoms with E-state index < -0.39 is 0 Å². The fraction of sp³-hybridized carbons (Fsp3) is 0.750. The number of nitrogens with zero attached hydrogens (tertiary/aromatic N) is 2. The lowest BCUT2D eigenvalue weighted by Gasteiger charge is -2.17. The Labute approximate surface area is 100 Å². The van der Waals surface area contributed by atoms with Gasteiger partial charge in [0.2, 0.25) is 0 Å². The third kappa shape index (κ3) is 2.27. The van der Waals surface area contributed by atoms with E-state index in [4.69, 9.17) is 0 Å². The monoisotopic (exact) mass is 270 g/mol. The van der Waals surface area contributed by atoms with Crippen molar-refractivity contribution >= 4 is 15.9 Å². The number of halogens is 1. The highest BCUT2D eigenvalue weighted by molar-refractivity contribution is 9.09. The second-order valence-electron chi connectivity index (χ2n) is 4.55. The molecule has 84 valence electrons. The predicted octanol–water partition coefficient (Wildman–Crippen LogP) is 3.26. The number of hydrogen-bond donors (Lipinski definition) is 0.